The van der Waals surface area contributed by atoms with Crippen molar-refractivity contribution in [3.05, 3.63) is 0 Å². The van der Waals surface area contributed by atoms with Gasteiger partial charge in [0.2, 0.25) is 0 Å². The number of hydrogen-bond donors (Lipinski definition) is 1. The van der Waals surface area contributed by atoms with Gasteiger partial charge in [0.25, 0.3) is 0 Å². The van der Waals surface area contributed by atoms with Crippen molar-refractivity contribution in [1.29, 1.82) is 0 Å². The maximum Gasteiger partial charge on any atom is 0.0810 e. The molecule has 0 saturated carbocycles. The van der Waals surface area contributed by atoms with Crippen LogP contribution in [0, 0.1) is 0 Å². The van der Waals surface area contributed by atoms with Crippen molar-refractivity contribution < 1.29 is 9.47 Å². The molecule has 0 aromatic carbocycles. The number of nitrogens with two attached hydrogens (primary N) is 1. The van der Waals surface area contributed by atoms with Crippen LogP contribution in [-0.4, -0.2) is 31.5 Å². The van der Waals surface area contributed by atoms with Gasteiger partial charge in [-0.3, -0.25) is 0 Å². The molecule has 0 spiro atoms. The second-order valence-electron chi connectivity index (χ2n) is 4.22. The van der Waals surface area contributed by atoms with Crippen LogP contribution >= 0.6 is 0 Å². The largest absolute Gasteiger partial charge is 0.379 e. The molecule has 0 bridgehead atoms. The molecule has 1 fully saturated rings. The van der Waals surface area contributed by atoms with E-state index in [0.29, 0.717) is 6.61 Å². The van der Waals surface area contributed by atoms with Crippen LogP contribution in [0.4, 0.5) is 0 Å². The first kappa shape index (κ1) is 12.0. The summed E-state index contributed by atoms with van der Waals surface area (Å²) in [5.74, 6) is 0. The molecule has 0 aromatic heterocycles. The molecule has 1 saturated heterocycles. The SMILES string of the molecule is CCC(N)(CC)COC1CCCOC1. The van der Waals surface area contributed by atoms with Crippen LogP contribution in [0.1, 0.15) is 39.5 Å². The Bertz CT molecular complexity index is 151. The molecule has 1 unspecified atom stereocenters. The highest BCUT2D eigenvalue weighted by Gasteiger charge is 2.23. The molecule has 0 aromatic rings. The molecule has 1 aliphatic heterocycles. The summed E-state index contributed by atoms with van der Waals surface area (Å²) in [7, 11) is 0. The van der Waals surface area contributed by atoms with Gasteiger partial charge < -0.3 is 15.2 Å². The first-order chi connectivity index (χ1) is 6.70. The summed E-state index contributed by atoms with van der Waals surface area (Å²) in [5, 5.41) is 0. The molecule has 1 heterocycles. The minimum Gasteiger partial charge on any atom is -0.379 e. The molecular formula is C11H23NO2. The predicted molar refractivity (Wildman–Crippen MR) is 57.3 cm³/mol. The Morgan fingerprint density at radius 3 is 2.64 bits per heavy atom. The zero-order chi connectivity index (χ0) is 10.4. The van der Waals surface area contributed by atoms with Gasteiger partial charge >= 0.3 is 0 Å². The van der Waals surface area contributed by atoms with Crippen LogP contribution in [0.15, 0.2) is 0 Å². The average Bonchev–Trinajstić information content (AvgIpc) is 2.27. The van der Waals surface area contributed by atoms with Crippen LogP contribution < -0.4 is 5.73 Å². The van der Waals surface area contributed by atoms with E-state index in [1.54, 1.807) is 0 Å². The van der Waals surface area contributed by atoms with Gasteiger partial charge in [0.1, 0.15) is 0 Å². The van der Waals surface area contributed by atoms with Gasteiger partial charge in [-0.05, 0) is 25.7 Å². The quantitative estimate of drug-likeness (QED) is 0.736. The van der Waals surface area contributed by atoms with E-state index >= 15 is 0 Å². The molecule has 1 rings (SSSR count). The molecule has 0 radical (unpaired) electrons. The monoisotopic (exact) mass is 201 g/mol. The highest BCUT2D eigenvalue weighted by molar-refractivity contribution is 4.81. The van der Waals surface area contributed by atoms with Crippen molar-refractivity contribution >= 4 is 0 Å². The lowest BCUT2D eigenvalue weighted by Crippen LogP contribution is -2.45. The molecule has 1 aliphatic rings. The standard InChI is InChI=1S/C11H23NO2/c1-3-11(12,4-2)9-14-10-6-5-7-13-8-10/h10H,3-9,12H2,1-2H3. The van der Waals surface area contributed by atoms with E-state index in [1.165, 1.54) is 0 Å². The fraction of sp³-hybridized carbons (Fsp3) is 1.00. The second kappa shape index (κ2) is 5.69. The summed E-state index contributed by atoms with van der Waals surface area (Å²) < 4.78 is 11.1. The van der Waals surface area contributed by atoms with Gasteiger partial charge in [-0.1, -0.05) is 13.8 Å². The van der Waals surface area contributed by atoms with Gasteiger partial charge in [0, 0.05) is 12.1 Å². The number of ether oxygens (including phenoxy) is 2. The van der Waals surface area contributed by atoms with Crippen LogP contribution in [0.2, 0.25) is 0 Å². The molecule has 84 valence electrons. The lowest BCUT2D eigenvalue weighted by molar-refractivity contribution is -0.0643. The Labute approximate surface area is 86.9 Å². The second-order valence-corrected chi connectivity index (χ2v) is 4.22. The van der Waals surface area contributed by atoms with Gasteiger partial charge in [-0.25, -0.2) is 0 Å². The fourth-order valence-corrected chi connectivity index (χ4v) is 1.58. The van der Waals surface area contributed by atoms with Crippen molar-refractivity contribution in [3.63, 3.8) is 0 Å². The van der Waals surface area contributed by atoms with Crippen LogP contribution in [0.25, 0.3) is 0 Å². The van der Waals surface area contributed by atoms with Crippen molar-refractivity contribution in [2.45, 2.75) is 51.2 Å². The van der Waals surface area contributed by atoms with E-state index in [4.69, 9.17) is 15.2 Å². The lowest BCUT2D eigenvalue weighted by atomic mass is 9.95. The maximum absolute atomic E-state index is 6.15. The van der Waals surface area contributed by atoms with E-state index in [-0.39, 0.29) is 11.6 Å². The molecule has 0 amide bonds. The summed E-state index contributed by atoms with van der Waals surface area (Å²) in [4.78, 5) is 0. The number of rotatable bonds is 5. The third-order valence-corrected chi connectivity index (χ3v) is 3.13. The topological polar surface area (TPSA) is 44.5 Å². The third kappa shape index (κ3) is 3.56. The Morgan fingerprint density at radius 1 is 1.43 bits per heavy atom. The van der Waals surface area contributed by atoms with E-state index in [2.05, 4.69) is 13.8 Å². The molecular weight excluding hydrogens is 178 g/mol. The van der Waals surface area contributed by atoms with E-state index in [0.717, 1.165) is 38.9 Å². The first-order valence-corrected chi connectivity index (χ1v) is 5.68. The molecule has 14 heavy (non-hydrogen) atoms. The van der Waals surface area contributed by atoms with Crippen LogP contribution in [0.3, 0.4) is 0 Å². The molecule has 2 N–H and O–H groups in total. The summed E-state index contributed by atoms with van der Waals surface area (Å²) in [6, 6.07) is 0. The van der Waals surface area contributed by atoms with Crippen molar-refractivity contribution in [1.82, 2.24) is 0 Å². The summed E-state index contributed by atoms with van der Waals surface area (Å²) in [6.45, 7) is 6.52. The first-order valence-electron chi connectivity index (χ1n) is 5.68. The van der Waals surface area contributed by atoms with Crippen molar-refractivity contribution in [3.8, 4) is 0 Å². The zero-order valence-corrected chi connectivity index (χ0v) is 9.42. The Balaban J connectivity index is 2.23. The molecule has 3 heteroatoms. The zero-order valence-electron chi connectivity index (χ0n) is 9.42. The molecule has 0 aliphatic carbocycles. The highest BCUT2D eigenvalue weighted by atomic mass is 16.5. The van der Waals surface area contributed by atoms with Gasteiger partial charge in [0.15, 0.2) is 0 Å². The van der Waals surface area contributed by atoms with Gasteiger partial charge in [-0.2, -0.15) is 0 Å². The lowest BCUT2D eigenvalue weighted by Gasteiger charge is -2.30. The van der Waals surface area contributed by atoms with E-state index in [1.807, 2.05) is 0 Å². The minimum atomic E-state index is -0.141. The molecule has 3 nitrogen and oxygen atoms in total. The van der Waals surface area contributed by atoms with E-state index < -0.39 is 0 Å². The Hall–Kier alpha value is -0.120. The maximum atomic E-state index is 6.15. The summed E-state index contributed by atoms with van der Waals surface area (Å²) in [6.07, 6.45) is 4.43. The minimum absolute atomic E-state index is 0.141. The van der Waals surface area contributed by atoms with Crippen LogP contribution in [-0.2, 0) is 9.47 Å². The van der Waals surface area contributed by atoms with Crippen molar-refractivity contribution in [2.24, 2.45) is 5.73 Å². The summed E-state index contributed by atoms with van der Waals surface area (Å²) >= 11 is 0. The normalized spacial score (nSPS) is 23.8. The predicted octanol–water partition coefficient (Wildman–Crippen LogP) is 1.70. The Kier molecular flexibility index (Phi) is 4.85. The smallest absolute Gasteiger partial charge is 0.0810 e. The van der Waals surface area contributed by atoms with Gasteiger partial charge in [0.05, 0.1) is 19.3 Å². The Morgan fingerprint density at radius 2 is 2.14 bits per heavy atom. The average molecular weight is 201 g/mol. The van der Waals surface area contributed by atoms with Crippen molar-refractivity contribution in [2.75, 3.05) is 19.8 Å². The summed E-state index contributed by atoms with van der Waals surface area (Å²) in [5.41, 5.74) is 6.01. The molecule has 1 atom stereocenters. The van der Waals surface area contributed by atoms with Gasteiger partial charge in [-0.15, -0.1) is 0 Å². The van der Waals surface area contributed by atoms with E-state index in [9.17, 15) is 0 Å². The van der Waals surface area contributed by atoms with Crippen LogP contribution in [0.5, 0.6) is 0 Å². The number of hydrogen-bond acceptors (Lipinski definition) is 3. The third-order valence-electron chi connectivity index (χ3n) is 3.13. The highest BCUT2D eigenvalue weighted by Crippen LogP contribution is 2.16. The fourth-order valence-electron chi connectivity index (χ4n) is 1.58.